The summed E-state index contributed by atoms with van der Waals surface area (Å²) in [5.41, 5.74) is 8.36. The third kappa shape index (κ3) is 4.31. The predicted octanol–water partition coefficient (Wildman–Crippen LogP) is 2.61. The van der Waals surface area contributed by atoms with Gasteiger partial charge < -0.3 is 10.1 Å². The van der Waals surface area contributed by atoms with Crippen LogP contribution in [0.3, 0.4) is 0 Å². The standard InChI is InChI=1S/C19H22ClN3O2/c1-12-18(14-6-4-7-15(20)11-14)19(23-22-12)21-17(24)10-13-5-3-8-16(9-13)25-2/h3-9,11-12,18-19,22-23H,10H2,1-2H3,(H,21,24). The summed E-state index contributed by atoms with van der Waals surface area (Å²) in [6.07, 6.45) is 0.0954. The molecule has 0 spiro atoms. The van der Waals surface area contributed by atoms with Gasteiger partial charge in [0.05, 0.1) is 13.5 Å². The number of hydrogen-bond donors (Lipinski definition) is 3. The van der Waals surface area contributed by atoms with Gasteiger partial charge in [0.1, 0.15) is 11.9 Å². The summed E-state index contributed by atoms with van der Waals surface area (Å²) in [4.78, 5) is 12.5. The van der Waals surface area contributed by atoms with Crippen LogP contribution < -0.4 is 20.9 Å². The van der Waals surface area contributed by atoms with E-state index in [-0.39, 0.29) is 24.0 Å². The van der Waals surface area contributed by atoms with Gasteiger partial charge in [-0.2, -0.15) is 0 Å². The molecule has 1 aliphatic heterocycles. The van der Waals surface area contributed by atoms with Crippen LogP contribution in [-0.4, -0.2) is 25.2 Å². The van der Waals surface area contributed by atoms with Crippen LogP contribution in [-0.2, 0) is 11.2 Å². The average molecular weight is 360 g/mol. The number of rotatable bonds is 5. The molecular formula is C19H22ClN3O2. The Bertz CT molecular complexity index is 753. The third-order valence-corrected chi connectivity index (χ3v) is 4.65. The number of carbonyl (C=O) groups excluding carboxylic acids is 1. The summed E-state index contributed by atoms with van der Waals surface area (Å²) in [6, 6.07) is 15.5. The van der Waals surface area contributed by atoms with Crippen molar-refractivity contribution in [3.8, 4) is 5.75 Å². The highest BCUT2D eigenvalue weighted by Crippen LogP contribution is 2.28. The minimum Gasteiger partial charge on any atom is -0.497 e. The highest BCUT2D eigenvalue weighted by atomic mass is 35.5. The number of hydrogen-bond acceptors (Lipinski definition) is 4. The number of halogens is 1. The molecule has 0 aromatic heterocycles. The molecule has 1 aliphatic rings. The number of methoxy groups -OCH3 is 1. The molecule has 1 saturated heterocycles. The topological polar surface area (TPSA) is 62.4 Å². The number of amides is 1. The van der Waals surface area contributed by atoms with Crippen LogP contribution in [0.5, 0.6) is 5.75 Å². The van der Waals surface area contributed by atoms with E-state index in [1.54, 1.807) is 7.11 Å². The molecule has 3 unspecified atom stereocenters. The van der Waals surface area contributed by atoms with Gasteiger partial charge in [-0.25, -0.2) is 5.43 Å². The second-order valence-electron chi connectivity index (χ2n) is 6.23. The zero-order valence-electron chi connectivity index (χ0n) is 14.3. The molecule has 1 heterocycles. The first kappa shape index (κ1) is 17.7. The molecule has 0 bridgehead atoms. The molecule has 5 nitrogen and oxygen atoms in total. The molecule has 2 aromatic rings. The maximum atomic E-state index is 12.5. The molecule has 6 heteroatoms. The van der Waals surface area contributed by atoms with Crippen LogP contribution in [0.2, 0.25) is 5.02 Å². The lowest BCUT2D eigenvalue weighted by molar-refractivity contribution is -0.121. The fourth-order valence-electron chi connectivity index (χ4n) is 3.20. The van der Waals surface area contributed by atoms with Gasteiger partial charge in [-0.15, -0.1) is 0 Å². The molecule has 1 amide bonds. The van der Waals surface area contributed by atoms with Crippen molar-refractivity contribution in [2.75, 3.05) is 7.11 Å². The van der Waals surface area contributed by atoms with Gasteiger partial charge in [0.2, 0.25) is 5.91 Å². The molecule has 132 valence electrons. The minimum absolute atomic E-state index is 0.0475. The van der Waals surface area contributed by atoms with Crippen LogP contribution in [0, 0.1) is 0 Å². The Labute approximate surface area is 152 Å². The lowest BCUT2D eigenvalue weighted by atomic mass is 9.91. The normalized spacial score (nSPS) is 22.6. The van der Waals surface area contributed by atoms with Crippen LogP contribution in [0.15, 0.2) is 48.5 Å². The van der Waals surface area contributed by atoms with Gasteiger partial charge in [0.25, 0.3) is 0 Å². The molecule has 3 atom stereocenters. The Morgan fingerprint density at radius 1 is 1.20 bits per heavy atom. The smallest absolute Gasteiger partial charge is 0.225 e. The second kappa shape index (κ2) is 7.87. The Morgan fingerprint density at radius 2 is 2.00 bits per heavy atom. The first-order chi connectivity index (χ1) is 12.1. The molecule has 0 saturated carbocycles. The van der Waals surface area contributed by atoms with Crippen molar-refractivity contribution in [2.24, 2.45) is 0 Å². The maximum absolute atomic E-state index is 12.5. The summed E-state index contributed by atoms with van der Waals surface area (Å²) in [6.45, 7) is 2.08. The number of ether oxygens (including phenoxy) is 1. The third-order valence-electron chi connectivity index (χ3n) is 4.41. The number of hydrazine groups is 1. The predicted molar refractivity (Wildman–Crippen MR) is 98.6 cm³/mol. The van der Waals surface area contributed by atoms with Crippen molar-refractivity contribution in [3.63, 3.8) is 0 Å². The van der Waals surface area contributed by atoms with E-state index in [1.807, 2.05) is 48.5 Å². The van der Waals surface area contributed by atoms with E-state index in [2.05, 4.69) is 23.1 Å². The summed E-state index contributed by atoms with van der Waals surface area (Å²) in [5, 5.41) is 3.76. The first-order valence-corrected chi connectivity index (χ1v) is 8.63. The minimum atomic E-state index is -0.202. The number of carbonyl (C=O) groups is 1. The van der Waals surface area contributed by atoms with Crippen molar-refractivity contribution in [1.29, 1.82) is 0 Å². The molecule has 0 radical (unpaired) electrons. The summed E-state index contributed by atoms with van der Waals surface area (Å²) < 4.78 is 5.20. The molecule has 1 fully saturated rings. The monoisotopic (exact) mass is 359 g/mol. The largest absolute Gasteiger partial charge is 0.497 e. The van der Waals surface area contributed by atoms with Crippen molar-refractivity contribution < 1.29 is 9.53 Å². The first-order valence-electron chi connectivity index (χ1n) is 8.25. The fraction of sp³-hybridized carbons (Fsp3) is 0.316. The Balaban J connectivity index is 1.69. The second-order valence-corrected chi connectivity index (χ2v) is 6.67. The van der Waals surface area contributed by atoms with Crippen molar-refractivity contribution in [1.82, 2.24) is 16.2 Å². The van der Waals surface area contributed by atoms with Gasteiger partial charge in [-0.1, -0.05) is 35.9 Å². The quantitative estimate of drug-likeness (QED) is 0.768. The summed E-state index contributed by atoms with van der Waals surface area (Å²) in [7, 11) is 1.62. The lowest BCUT2D eigenvalue weighted by Gasteiger charge is -2.22. The van der Waals surface area contributed by atoms with Gasteiger partial charge in [-0.05, 0) is 42.3 Å². The van der Waals surface area contributed by atoms with E-state index >= 15 is 0 Å². The molecule has 25 heavy (non-hydrogen) atoms. The van der Waals surface area contributed by atoms with E-state index in [0.717, 1.165) is 16.9 Å². The Morgan fingerprint density at radius 3 is 2.76 bits per heavy atom. The van der Waals surface area contributed by atoms with E-state index < -0.39 is 0 Å². The molecule has 3 rings (SSSR count). The van der Waals surface area contributed by atoms with E-state index in [9.17, 15) is 4.79 Å². The zero-order valence-corrected chi connectivity index (χ0v) is 15.0. The summed E-state index contributed by atoms with van der Waals surface area (Å²) >= 11 is 6.12. The zero-order chi connectivity index (χ0) is 17.8. The van der Waals surface area contributed by atoms with Gasteiger partial charge in [0, 0.05) is 17.0 Å². The van der Waals surface area contributed by atoms with Crippen LogP contribution in [0.4, 0.5) is 0 Å². The molecule has 3 N–H and O–H groups in total. The summed E-state index contributed by atoms with van der Waals surface area (Å²) in [5.74, 6) is 0.790. The molecule has 0 aliphatic carbocycles. The Hall–Kier alpha value is -2.08. The SMILES string of the molecule is COc1cccc(CC(=O)NC2NNC(C)C2c2cccc(Cl)c2)c1. The fourth-order valence-corrected chi connectivity index (χ4v) is 3.40. The van der Waals surface area contributed by atoms with Crippen molar-refractivity contribution in [3.05, 3.63) is 64.7 Å². The van der Waals surface area contributed by atoms with Gasteiger partial charge in [-0.3, -0.25) is 10.2 Å². The van der Waals surface area contributed by atoms with E-state index in [1.165, 1.54) is 0 Å². The number of nitrogens with one attached hydrogen (secondary N) is 3. The highest BCUT2D eigenvalue weighted by Gasteiger charge is 2.35. The van der Waals surface area contributed by atoms with Crippen molar-refractivity contribution >= 4 is 17.5 Å². The van der Waals surface area contributed by atoms with Crippen LogP contribution in [0.1, 0.15) is 24.0 Å². The Kier molecular flexibility index (Phi) is 5.58. The number of benzene rings is 2. The lowest BCUT2D eigenvalue weighted by Crippen LogP contribution is -2.46. The molecule has 2 aromatic carbocycles. The van der Waals surface area contributed by atoms with Gasteiger partial charge >= 0.3 is 0 Å². The molecular weight excluding hydrogens is 338 g/mol. The maximum Gasteiger partial charge on any atom is 0.225 e. The van der Waals surface area contributed by atoms with Crippen LogP contribution in [0.25, 0.3) is 0 Å². The van der Waals surface area contributed by atoms with Crippen LogP contribution >= 0.6 is 11.6 Å². The highest BCUT2D eigenvalue weighted by molar-refractivity contribution is 6.30. The van der Waals surface area contributed by atoms with Crippen molar-refractivity contribution in [2.45, 2.75) is 31.5 Å². The van der Waals surface area contributed by atoms with E-state index in [4.69, 9.17) is 16.3 Å². The average Bonchev–Trinajstić information content (AvgIpc) is 2.95. The van der Waals surface area contributed by atoms with E-state index in [0.29, 0.717) is 11.4 Å². The van der Waals surface area contributed by atoms with Gasteiger partial charge in [0.15, 0.2) is 0 Å².